The van der Waals surface area contributed by atoms with Gasteiger partial charge in [0.05, 0.1) is 0 Å². The number of carbonyl (C=O) groups excluding carboxylic acids is 1. The number of nitrogens with one attached hydrogen (secondary N) is 1. The number of fused-ring (bicyclic) bond motifs is 1. The summed E-state index contributed by atoms with van der Waals surface area (Å²) in [7, 11) is 1.53. The van der Waals surface area contributed by atoms with Gasteiger partial charge in [-0.1, -0.05) is 11.3 Å². The van der Waals surface area contributed by atoms with Gasteiger partial charge in [-0.15, -0.1) is 15.3 Å². The maximum atomic E-state index is 12.6. The predicted molar refractivity (Wildman–Crippen MR) is 62.5 cm³/mol. The van der Waals surface area contributed by atoms with Gasteiger partial charge in [0.15, 0.2) is 0 Å². The lowest BCUT2D eigenvalue weighted by atomic mass is 10.4. The van der Waals surface area contributed by atoms with Crippen molar-refractivity contribution in [1.29, 1.82) is 0 Å². The fourth-order valence-electron chi connectivity index (χ4n) is 1.38. The number of hydrogen-bond acceptors (Lipinski definition) is 6. The van der Waals surface area contributed by atoms with Crippen molar-refractivity contribution >= 4 is 22.2 Å². The average molecular weight is 309 g/mol. The molecule has 11 heteroatoms. The summed E-state index contributed by atoms with van der Waals surface area (Å²) in [5.41, 5.74) is 0. The molecule has 0 saturated carbocycles. The zero-order valence-corrected chi connectivity index (χ0v) is 11.1. The van der Waals surface area contributed by atoms with Crippen molar-refractivity contribution in [1.82, 2.24) is 25.1 Å². The molecule has 0 aliphatic rings. The Morgan fingerprint density at radius 2 is 2.20 bits per heavy atom. The minimum atomic E-state index is -4.67. The topological polar surface area (TPSA) is 81.4 Å². The van der Waals surface area contributed by atoms with Crippen molar-refractivity contribution in [2.75, 3.05) is 20.3 Å². The molecule has 0 bridgehead atoms. The standard InChI is InChI=1S/C9H10F3N5O2S/c1-19-4-2-3-13-5(18)6-16-17-7(9(10,11)12)14-15-8(17)20-6/h2-4H2,1H3,(H,13,18). The second-order valence-electron chi connectivity index (χ2n) is 3.73. The van der Waals surface area contributed by atoms with E-state index in [1.165, 1.54) is 7.11 Å². The molecule has 110 valence electrons. The number of hydrogen-bond donors (Lipinski definition) is 1. The SMILES string of the molecule is COCCCNC(=O)c1nn2c(C(F)(F)F)nnc2s1. The highest BCUT2D eigenvalue weighted by atomic mass is 32.1. The summed E-state index contributed by atoms with van der Waals surface area (Å²) in [6.45, 7) is 0.822. The zero-order valence-electron chi connectivity index (χ0n) is 10.3. The molecule has 2 aromatic rings. The smallest absolute Gasteiger partial charge is 0.385 e. The van der Waals surface area contributed by atoms with Gasteiger partial charge in [-0.2, -0.15) is 17.7 Å². The van der Waals surface area contributed by atoms with Crippen molar-refractivity contribution in [3.63, 3.8) is 0 Å². The van der Waals surface area contributed by atoms with Crippen LogP contribution in [0.3, 0.4) is 0 Å². The fraction of sp³-hybridized carbons (Fsp3) is 0.556. The molecule has 0 radical (unpaired) electrons. The monoisotopic (exact) mass is 309 g/mol. The summed E-state index contributed by atoms with van der Waals surface area (Å²) < 4.78 is 43.1. The lowest BCUT2D eigenvalue weighted by molar-refractivity contribution is -0.146. The highest BCUT2D eigenvalue weighted by Crippen LogP contribution is 2.28. The van der Waals surface area contributed by atoms with Crippen LogP contribution in [0.25, 0.3) is 4.96 Å². The Bertz CT molecular complexity index is 608. The Morgan fingerprint density at radius 3 is 2.85 bits per heavy atom. The van der Waals surface area contributed by atoms with Gasteiger partial charge in [-0.05, 0) is 6.42 Å². The molecule has 2 rings (SSSR count). The third kappa shape index (κ3) is 3.04. The van der Waals surface area contributed by atoms with E-state index in [1.807, 2.05) is 0 Å². The summed E-state index contributed by atoms with van der Waals surface area (Å²) in [6.07, 6.45) is -4.07. The first-order valence-corrected chi connectivity index (χ1v) is 6.31. The lowest BCUT2D eigenvalue weighted by Crippen LogP contribution is -2.25. The largest absolute Gasteiger partial charge is 0.453 e. The molecular formula is C9H10F3N5O2S. The van der Waals surface area contributed by atoms with Crippen LogP contribution in [0.4, 0.5) is 13.2 Å². The molecule has 0 aliphatic carbocycles. The number of nitrogens with zero attached hydrogens (tertiary/aromatic N) is 4. The molecule has 0 saturated heterocycles. The number of ether oxygens (including phenoxy) is 1. The molecular weight excluding hydrogens is 299 g/mol. The third-order valence-corrected chi connectivity index (χ3v) is 3.15. The van der Waals surface area contributed by atoms with E-state index in [0.717, 1.165) is 11.3 Å². The van der Waals surface area contributed by atoms with Gasteiger partial charge in [0, 0.05) is 20.3 Å². The average Bonchev–Trinajstić information content (AvgIpc) is 2.92. The molecule has 20 heavy (non-hydrogen) atoms. The number of aromatic nitrogens is 4. The van der Waals surface area contributed by atoms with E-state index in [0.29, 0.717) is 24.1 Å². The Morgan fingerprint density at radius 1 is 1.45 bits per heavy atom. The Labute approximate surface area is 114 Å². The molecule has 0 aliphatic heterocycles. The summed E-state index contributed by atoms with van der Waals surface area (Å²) in [4.78, 5) is 11.6. The van der Waals surface area contributed by atoms with E-state index in [4.69, 9.17) is 4.74 Å². The van der Waals surface area contributed by atoms with Crippen molar-refractivity contribution in [3.05, 3.63) is 10.8 Å². The first-order chi connectivity index (χ1) is 9.43. The van der Waals surface area contributed by atoms with E-state index >= 15 is 0 Å². The minimum Gasteiger partial charge on any atom is -0.385 e. The van der Waals surface area contributed by atoms with Crippen molar-refractivity contribution in [2.24, 2.45) is 0 Å². The van der Waals surface area contributed by atoms with Gasteiger partial charge in [-0.3, -0.25) is 4.79 Å². The third-order valence-electron chi connectivity index (χ3n) is 2.25. The second-order valence-corrected chi connectivity index (χ2v) is 4.68. The van der Waals surface area contributed by atoms with Gasteiger partial charge in [0.1, 0.15) is 0 Å². The summed E-state index contributed by atoms with van der Waals surface area (Å²) in [6, 6.07) is 0. The Kier molecular flexibility index (Phi) is 4.18. The second kappa shape index (κ2) is 5.71. The maximum Gasteiger partial charge on any atom is 0.453 e. The van der Waals surface area contributed by atoms with Crippen LogP contribution in [0.5, 0.6) is 0 Å². The van der Waals surface area contributed by atoms with Crippen LogP contribution in [0.2, 0.25) is 0 Å². The fourth-order valence-corrected chi connectivity index (χ4v) is 2.14. The molecule has 0 unspecified atom stereocenters. The first kappa shape index (κ1) is 14.7. The van der Waals surface area contributed by atoms with Crippen LogP contribution in [-0.2, 0) is 10.9 Å². The minimum absolute atomic E-state index is 0.0839. The van der Waals surface area contributed by atoms with E-state index in [2.05, 4.69) is 20.6 Å². The predicted octanol–water partition coefficient (Wildman–Crippen LogP) is 0.971. The lowest BCUT2D eigenvalue weighted by Gasteiger charge is -2.02. The van der Waals surface area contributed by atoms with Crippen LogP contribution >= 0.6 is 11.3 Å². The van der Waals surface area contributed by atoms with E-state index < -0.39 is 17.9 Å². The molecule has 0 aromatic carbocycles. The number of alkyl halides is 3. The quantitative estimate of drug-likeness (QED) is 0.832. The number of methoxy groups -OCH3 is 1. The number of halogens is 3. The molecule has 7 nitrogen and oxygen atoms in total. The molecule has 2 heterocycles. The summed E-state index contributed by atoms with van der Waals surface area (Å²) >= 11 is 0.741. The molecule has 1 amide bonds. The normalized spacial score (nSPS) is 12.0. The number of amides is 1. The van der Waals surface area contributed by atoms with Crippen molar-refractivity contribution < 1.29 is 22.7 Å². The van der Waals surface area contributed by atoms with Gasteiger partial charge in [0.2, 0.25) is 9.97 Å². The molecule has 1 N–H and O–H groups in total. The van der Waals surface area contributed by atoms with Crippen molar-refractivity contribution in [3.8, 4) is 0 Å². The highest BCUT2D eigenvalue weighted by Gasteiger charge is 2.38. The molecule has 0 fully saturated rings. The maximum absolute atomic E-state index is 12.6. The van der Waals surface area contributed by atoms with Crippen LogP contribution in [0.15, 0.2) is 0 Å². The molecule has 0 atom stereocenters. The zero-order chi connectivity index (χ0) is 14.8. The van der Waals surface area contributed by atoms with Crippen LogP contribution in [0.1, 0.15) is 22.0 Å². The molecule has 2 aromatic heterocycles. The van der Waals surface area contributed by atoms with E-state index in [1.54, 1.807) is 0 Å². The van der Waals surface area contributed by atoms with Gasteiger partial charge < -0.3 is 10.1 Å². The van der Waals surface area contributed by atoms with Crippen LogP contribution in [0, 0.1) is 0 Å². The Balaban J connectivity index is 2.12. The number of rotatable bonds is 5. The van der Waals surface area contributed by atoms with Gasteiger partial charge in [0.25, 0.3) is 11.7 Å². The molecule has 0 spiro atoms. The summed E-state index contributed by atoms with van der Waals surface area (Å²) in [5, 5.41) is 12.4. The van der Waals surface area contributed by atoms with E-state index in [9.17, 15) is 18.0 Å². The van der Waals surface area contributed by atoms with Gasteiger partial charge in [-0.25, -0.2) is 0 Å². The summed E-state index contributed by atoms with van der Waals surface area (Å²) in [5.74, 6) is -1.80. The number of carbonyl (C=O) groups is 1. The van der Waals surface area contributed by atoms with Crippen LogP contribution < -0.4 is 5.32 Å². The van der Waals surface area contributed by atoms with Gasteiger partial charge >= 0.3 is 6.18 Å². The van der Waals surface area contributed by atoms with E-state index in [-0.39, 0.29) is 9.97 Å². The Hall–Kier alpha value is -1.75. The first-order valence-electron chi connectivity index (χ1n) is 5.50. The van der Waals surface area contributed by atoms with Crippen LogP contribution in [-0.4, -0.2) is 46.0 Å². The highest BCUT2D eigenvalue weighted by molar-refractivity contribution is 7.18. The van der Waals surface area contributed by atoms with Crippen molar-refractivity contribution in [2.45, 2.75) is 12.6 Å².